The Balaban J connectivity index is 1.49. The third-order valence-corrected chi connectivity index (χ3v) is 6.13. The Labute approximate surface area is 182 Å². The van der Waals surface area contributed by atoms with Gasteiger partial charge in [-0.3, -0.25) is 14.5 Å². The Morgan fingerprint density at radius 2 is 1.81 bits per heavy atom. The average Bonchev–Trinajstić information content (AvgIpc) is 2.76. The lowest BCUT2D eigenvalue weighted by Crippen LogP contribution is -2.50. The van der Waals surface area contributed by atoms with Gasteiger partial charge in [-0.15, -0.1) is 0 Å². The molecule has 1 aromatic rings. The van der Waals surface area contributed by atoms with E-state index >= 15 is 0 Å². The van der Waals surface area contributed by atoms with E-state index in [-0.39, 0.29) is 23.4 Å². The molecular formula is C23H33F2N3O3. The van der Waals surface area contributed by atoms with Crippen LogP contribution in [0.25, 0.3) is 0 Å². The molecule has 0 radical (unpaired) electrons. The second kappa shape index (κ2) is 11.0. The van der Waals surface area contributed by atoms with Gasteiger partial charge < -0.3 is 15.0 Å². The monoisotopic (exact) mass is 437 g/mol. The van der Waals surface area contributed by atoms with Crippen LogP contribution in [0.2, 0.25) is 0 Å². The second-order valence-corrected chi connectivity index (χ2v) is 8.87. The molecule has 1 N–H and O–H groups in total. The van der Waals surface area contributed by atoms with Crippen LogP contribution in [0.15, 0.2) is 18.2 Å². The fourth-order valence-corrected chi connectivity index (χ4v) is 4.39. The number of hydrogen-bond donors (Lipinski definition) is 1. The Hall–Kier alpha value is -2.06. The maximum atomic E-state index is 13.9. The van der Waals surface area contributed by atoms with Crippen LogP contribution in [0.3, 0.4) is 0 Å². The van der Waals surface area contributed by atoms with Crippen molar-refractivity contribution in [2.24, 2.45) is 11.8 Å². The summed E-state index contributed by atoms with van der Waals surface area (Å²) in [7, 11) is 0. The van der Waals surface area contributed by atoms with Crippen molar-refractivity contribution in [1.29, 1.82) is 0 Å². The minimum atomic E-state index is -0.857. The van der Waals surface area contributed by atoms with E-state index in [0.717, 1.165) is 44.9 Å². The van der Waals surface area contributed by atoms with Crippen LogP contribution < -0.4 is 5.32 Å². The number of carbonyl (C=O) groups is 2. The minimum absolute atomic E-state index is 0.0158. The highest BCUT2D eigenvalue weighted by molar-refractivity contribution is 5.94. The predicted octanol–water partition coefficient (Wildman–Crippen LogP) is 2.68. The first-order chi connectivity index (χ1) is 14.8. The van der Waals surface area contributed by atoms with Crippen molar-refractivity contribution in [1.82, 2.24) is 15.1 Å². The zero-order chi connectivity index (χ0) is 22.4. The molecule has 0 spiro atoms. The van der Waals surface area contributed by atoms with Crippen LogP contribution in [-0.2, 0) is 9.53 Å². The third-order valence-electron chi connectivity index (χ3n) is 6.13. The van der Waals surface area contributed by atoms with E-state index in [1.54, 1.807) is 0 Å². The van der Waals surface area contributed by atoms with E-state index in [2.05, 4.69) is 24.1 Å². The average molecular weight is 438 g/mol. The molecule has 0 aliphatic carbocycles. The van der Waals surface area contributed by atoms with Gasteiger partial charge in [-0.2, -0.15) is 0 Å². The summed E-state index contributed by atoms with van der Waals surface area (Å²) in [6.45, 7) is 8.96. The Morgan fingerprint density at radius 3 is 2.42 bits per heavy atom. The fourth-order valence-electron chi connectivity index (χ4n) is 4.39. The van der Waals surface area contributed by atoms with E-state index in [9.17, 15) is 18.4 Å². The van der Waals surface area contributed by atoms with E-state index < -0.39 is 17.5 Å². The van der Waals surface area contributed by atoms with Gasteiger partial charge in [0.15, 0.2) is 0 Å². The molecule has 2 saturated heterocycles. The number of rotatable bonds is 7. The van der Waals surface area contributed by atoms with Gasteiger partial charge in [-0.05, 0) is 37.3 Å². The number of hydrogen-bond acceptors (Lipinski definition) is 4. The summed E-state index contributed by atoms with van der Waals surface area (Å²) in [5, 5.41) is 3.12. The highest BCUT2D eigenvalue weighted by Crippen LogP contribution is 2.21. The molecule has 2 aliphatic rings. The van der Waals surface area contributed by atoms with Crippen LogP contribution in [0, 0.1) is 23.5 Å². The summed E-state index contributed by atoms with van der Waals surface area (Å²) in [5.74, 6) is -1.64. The first-order valence-corrected chi connectivity index (χ1v) is 11.2. The van der Waals surface area contributed by atoms with Crippen LogP contribution in [0.1, 0.15) is 43.5 Å². The Kier molecular flexibility index (Phi) is 8.37. The van der Waals surface area contributed by atoms with Crippen LogP contribution in [0.4, 0.5) is 8.78 Å². The molecule has 0 aromatic heterocycles. The number of morpholine rings is 1. The van der Waals surface area contributed by atoms with Crippen molar-refractivity contribution in [2.45, 2.75) is 39.2 Å². The van der Waals surface area contributed by atoms with Crippen molar-refractivity contribution in [3.05, 3.63) is 35.4 Å². The molecule has 0 bridgehead atoms. The van der Waals surface area contributed by atoms with Crippen molar-refractivity contribution < 1.29 is 23.1 Å². The number of nitrogens with one attached hydrogen (secondary N) is 1. The molecule has 172 valence electrons. The molecule has 8 heteroatoms. The summed E-state index contributed by atoms with van der Waals surface area (Å²) >= 11 is 0. The molecule has 6 nitrogen and oxygen atoms in total. The molecule has 1 atom stereocenters. The molecule has 1 unspecified atom stereocenters. The van der Waals surface area contributed by atoms with Crippen molar-refractivity contribution in [2.75, 3.05) is 45.9 Å². The fraction of sp³-hybridized carbons (Fsp3) is 0.652. The lowest BCUT2D eigenvalue weighted by molar-refractivity contribution is -0.126. The standard InChI is InChI=1S/C23H33F2N3O3/c1-16(2)13-19(27-9-11-31-12-10-27)15-26-22(29)17-5-7-28(8-6-17)23(30)20-4-3-18(24)14-21(20)25/h3-4,14,16-17,19H,5-13,15H2,1-2H3,(H,26,29). The maximum absolute atomic E-state index is 13.9. The zero-order valence-corrected chi connectivity index (χ0v) is 18.4. The van der Waals surface area contributed by atoms with Crippen LogP contribution >= 0.6 is 0 Å². The van der Waals surface area contributed by atoms with Crippen LogP contribution in [-0.4, -0.2) is 73.6 Å². The first-order valence-electron chi connectivity index (χ1n) is 11.2. The minimum Gasteiger partial charge on any atom is -0.379 e. The summed E-state index contributed by atoms with van der Waals surface area (Å²) in [6.07, 6.45) is 2.08. The van der Waals surface area contributed by atoms with Gasteiger partial charge >= 0.3 is 0 Å². The number of piperidine rings is 1. The second-order valence-electron chi connectivity index (χ2n) is 8.87. The number of amides is 2. The zero-order valence-electron chi connectivity index (χ0n) is 18.4. The van der Waals surface area contributed by atoms with E-state index in [1.165, 1.54) is 11.0 Å². The maximum Gasteiger partial charge on any atom is 0.256 e. The van der Waals surface area contributed by atoms with Crippen LogP contribution in [0.5, 0.6) is 0 Å². The van der Waals surface area contributed by atoms with E-state index in [1.807, 2.05) is 0 Å². The lowest BCUT2D eigenvalue weighted by Gasteiger charge is -2.36. The van der Waals surface area contributed by atoms with Gasteiger partial charge in [-0.25, -0.2) is 8.78 Å². The topological polar surface area (TPSA) is 61.9 Å². The lowest BCUT2D eigenvalue weighted by atomic mass is 9.95. The molecule has 2 fully saturated rings. The van der Waals surface area contributed by atoms with Crippen molar-refractivity contribution in [3.8, 4) is 0 Å². The molecule has 2 amide bonds. The van der Waals surface area contributed by atoms with Crippen molar-refractivity contribution in [3.63, 3.8) is 0 Å². The number of halogens is 2. The summed E-state index contributed by atoms with van der Waals surface area (Å²) in [4.78, 5) is 29.2. The number of ether oxygens (including phenoxy) is 1. The number of benzene rings is 1. The van der Waals surface area contributed by atoms with E-state index in [4.69, 9.17) is 4.74 Å². The predicted molar refractivity (Wildman–Crippen MR) is 114 cm³/mol. The van der Waals surface area contributed by atoms with Gasteiger partial charge in [0.25, 0.3) is 5.91 Å². The summed E-state index contributed by atoms with van der Waals surface area (Å²) in [6, 6.07) is 3.26. The van der Waals surface area contributed by atoms with Crippen molar-refractivity contribution >= 4 is 11.8 Å². The third kappa shape index (κ3) is 6.46. The van der Waals surface area contributed by atoms with Gasteiger partial charge in [0.1, 0.15) is 11.6 Å². The molecule has 2 aliphatic heterocycles. The molecular weight excluding hydrogens is 404 g/mol. The smallest absolute Gasteiger partial charge is 0.256 e. The number of carbonyl (C=O) groups excluding carboxylic acids is 2. The molecule has 31 heavy (non-hydrogen) atoms. The summed E-state index contributed by atoms with van der Waals surface area (Å²) in [5.41, 5.74) is -0.133. The highest BCUT2D eigenvalue weighted by Gasteiger charge is 2.30. The largest absolute Gasteiger partial charge is 0.379 e. The molecule has 0 saturated carbocycles. The number of likely N-dealkylation sites (tertiary alicyclic amines) is 1. The van der Waals surface area contributed by atoms with Gasteiger partial charge in [-0.1, -0.05) is 13.8 Å². The quantitative estimate of drug-likeness (QED) is 0.713. The van der Waals surface area contributed by atoms with Gasteiger partial charge in [0.05, 0.1) is 18.8 Å². The SMILES string of the molecule is CC(C)CC(CNC(=O)C1CCN(C(=O)c2ccc(F)cc2F)CC1)N1CCOCC1. The molecule has 3 rings (SSSR count). The molecule has 2 heterocycles. The Morgan fingerprint density at radius 1 is 1.13 bits per heavy atom. The number of nitrogens with zero attached hydrogens (tertiary/aromatic N) is 2. The Bertz CT molecular complexity index is 760. The first kappa shape index (κ1) is 23.6. The summed E-state index contributed by atoms with van der Waals surface area (Å²) < 4.78 is 32.5. The molecule has 1 aromatic carbocycles. The highest BCUT2D eigenvalue weighted by atomic mass is 19.1. The van der Waals surface area contributed by atoms with Gasteiger partial charge in [0.2, 0.25) is 5.91 Å². The normalized spacial score (nSPS) is 19.5. The van der Waals surface area contributed by atoms with E-state index in [0.29, 0.717) is 38.4 Å². The van der Waals surface area contributed by atoms with Gasteiger partial charge in [0, 0.05) is 50.7 Å².